The van der Waals surface area contributed by atoms with Gasteiger partial charge in [0, 0.05) is 17.3 Å². The summed E-state index contributed by atoms with van der Waals surface area (Å²) in [5.41, 5.74) is 0.488. The van der Waals surface area contributed by atoms with Gasteiger partial charge in [-0.05, 0) is 25.1 Å². The van der Waals surface area contributed by atoms with E-state index in [4.69, 9.17) is 5.26 Å². The van der Waals surface area contributed by atoms with Gasteiger partial charge in [-0.25, -0.2) is 9.97 Å². The molecule has 11 heteroatoms. The number of thiazole rings is 1. The number of pyridine rings is 2. The number of rotatable bonds is 4. The lowest BCUT2D eigenvalue weighted by Crippen LogP contribution is -2.16. The van der Waals surface area contributed by atoms with Crippen LogP contribution in [0.5, 0.6) is 0 Å². The van der Waals surface area contributed by atoms with Gasteiger partial charge in [0.15, 0.2) is 16.5 Å². The van der Waals surface area contributed by atoms with Crippen LogP contribution in [0.3, 0.4) is 0 Å². The summed E-state index contributed by atoms with van der Waals surface area (Å²) in [5.74, 6) is -0.723. The minimum absolute atomic E-state index is 0.0360. The lowest BCUT2D eigenvalue weighted by atomic mass is 10.2. The van der Waals surface area contributed by atoms with Crippen LogP contribution >= 0.6 is 11.3 Å². The maximum atomic E-state index is 12.7. The second-order valence-electron chi connectivity index (χ2n) is 5.54. The summed E-state index contributed by atoms with van der Waals surface area (Å²) in [5, 5.41) is 14.8. The number of amides is 1. The molecule has 0 aromatic carbocycles. The largest absolute Gasteiger partial charge is 0.434 e. The van der Waals surface area contributed by atoms with Crippen LogP contribution in [0.1, 0.15) is 27.4 Å². The Morgan fingerprint density at radius 1 is 1.25 bits per heavy atom. The fourth-order valence-corrected chi connectivity index (χ4v) is 2.89. The molecule has 0 radical (unpaired) electrons. The van der Waals surface area contributed by atoms with E-state index in [-0.39, 0.29) is 10.8 Å². The first-order valence-electron chi connectivity index (χ1n) is 7.70. The number of aryl methyl sites for hydroxylation is 1. The van der Waals surface area contributed by atoms with Gasteiger partial charge in [-0.3, -0.25) is 15.1 Å². The molecule has 3 heterocycles. The van der Waals surface area contributed by atoms with Crippen molar-refractivity contribution in [2.75, 3.05) is 10.6 Å². The Labute approximate surface area is 160 Å². The van der Waals surface area contributed by atoms with Gasteiger partial charge >= 0.3 is 6.18 Å². The smallest absolute Gasteiger partial charge is 0.352 e. The third-order valence-corrected chi connectivity index (χ3v) is 4.17. The molecule has 0 unspecified atom stereocenters. The molecule has 0 saturated heterocycles. The lowest BCUT2D eigenvalue weighted by molar-refractivity contribution is -0.140. The van der Waals surface area contributed by atoms with Gasteiger partial charge in [0.25, 0.3) is 5.91 Å². The number of nitrogens with one attached hydrogen (secondary N) is 2. The van der Waals surface area contributed by atoms with E-state index in [9.17, 15) is 18.0 Å². The van der Waals surface area contributed by atoms with E-state index in [1.165, 1.54) is 18.5 Å². The molecule has 0 aliphatic heterocycles. The summed E-state index contributed by atoms with van der Waals surface area (Å²) in [6.07, 6.45) is -1.75. The number of carbonyl (C=O) groups excluding carboxylic acids is 1. The maximum Gasteiger partial charge on any atom is 0.434 e. The Morgan fingerprint density at radius 2 is 2.04 bits per heavy atom. The highest BCUT2D eigenvalue weighted by molar-refractivity contribution is 7.14. The minimum atomic E-state index is -4.59. The van der Waals surface area contributed by atoms with Crippen LogP contribution in [0.4, 0.5) is 29.7 Å². The first kappa shape index (κ1) is 19.2. The van der Waals surface area contributed by atoms with E-state index < -0.39 is 17.8 Å². The third-order valence-electron chi connectivity index (χ3n) is 3.41. The van der Waals surface area contributed by atoms with Crippen LogP contribution in [-0.4, -0.2) is 20.9 Å². The monoisotopic (exact) mass is 404 g/mol. The summed E-state index contributed by atoms with van der Waals surface area (Å²) in [6, 6.07) is 6.74. The third kappa shape index (κ3) is 4.41. The van der Waals surface area contributed by atoms with E-state index in [2.05, 4.69) is 25.6 Å². The Bertz CT molecular complexity index is 1070. The number of hydrogen-bond acceptors (Lipinski definition) is 7. The number of anilines is 3. The first-order valence-corrected chi connectivity index (χ1v) is 8.58. The number of nitriles is 1. The molecule has 0 bridgehead atoms. The predicted octanol–water partition coefficient (Wildman–Crippen LogP) is 4.13. The Morgan fingerprint density at radius 3 is 2.71 bits per heavy atom. The molecule has 0 aliphatic carbocycles. The summed E-state index contributed by atoms with van der Waals surface area (Å²) in [4.78, 5) is 24.0. The Hall–Kier alpha value is -3.52. The number of nitrogens with zero attached hydrogens (tertiary/aromatic N) is 4. The molecule has 28 heavy (non-hydrogen) atoms. The predicted molar refractivity (Wildman–Crippen MR) is 96.3 cm³/mol. The van der Waals surface area contributed by atoms with Crippen molar-refractivity contribution in [2.24, 2.45) is 0 Å². The zero-order valence-electron chi connectivity index (χ0n) is 14.2. The average Bonchev–Trinajstić information content (AvgIpc) is 3.12. The van der Waals surface area contributed by atoms with Crippen molar-refractivity contribution in [1.29, 1.82) is 5.26 Å². The molecule has 3 rings (SSSR count). The fourth-order valence-electron chi connectivity index (χ4n) is 2.17. The van der Waals surface area contributed by atoms with Gasteiger partial charge in [-0.2, -0.15) is 18.4 Å². The van der Waals surface area contributed by atoms with Crippen molar-refractivity contribution in [1.82, 2.24) is 15.0 Å². The zero-order chi connectivity index (χ0) is 20.3. The molecule has 0 atom stereocenters. The maximum absolute atomic E-state index is 12.7. The van der Waals surface area contributed by atoms with Gasteiger partial charge in [-0.1, -0.05) is 0 Å². The van der Waals surface area contributed by atoms with Crippen molar-refractivity contribution in [3.05, 3.63) is 58.6 Å². The molecule has 2 N–H and O–H groups in total. The summed E-state index contributed by atoms with van der Waals surface area (Å²) < 4.78 is 38.0. The number of halogens is 3. The van der Waals surface area contributed by atoms with Crippen molar-refractivity contribution in [3.8, 4) is 6.07 Å². The van der Waals surface area contributed by atoms with E-state index >= 15 is 0 Å². The second kappa shape index (κ2) is 7.61. The molecule has 0 fully saturated rings. The quantitative estimate of drug-likeness (QED) is 0.678. The van der Waals surface area contributed by atoms with Gasteiger partial charge in [0.2, 0.25) is 0 Å². The van der Waals surface area contributed by atoms with E-state index in [0.29, 0.717) is 34.0 Å². The van der Waals surface area contributed by atoms with E-state index in [1.54, 1.807) is 19.1 Å². The molecular formula is C17H11F3N6OS. The van der Waals surface area contributed by atoms with Crippen LogP contribution in [0.25, 0.3) is 0 Å². The normalized spacial score (nSPS) is 11.0. The van der Waals surface area contributed by atoms with Gasteiger partial charge in [0.05, 0.1) is 23.1 Å². The molecule has 3 aromatic heterocycles. The summed E-state index contributed by atoms with van der Waals surface area (Å²) >= 11 is 0.661. The van der Waals surface area contributed by atoms with Crippen molar-refractivity contribution in [2.45, 2.75) is 13.1 Å². The number of hydrogen-bond donors (Lipinski definition) is 2. The molecule has 1 amide bonds. The van der Waals surface area contributed by atoms with E-state index in [0.717, 1.165) is 5.38 Å². The molecule has 0 spiro atoms. The van der Waals surface area contributed by atoms with Gasteiger partial charge < -0.3 is 5.32 Å². The Kier molecular flexibility index (Phi) is 5.23. The summed E-state index contributed by atoms with van der Waals surface area (Å²) in [7, 11) is 0. The van der Waals surface area contributed by atoms with E-state index in [1.807, 2.05) is 6.07 Å². The number of carbonyl (C=O) groups is 1. The highest BCUT2D eigenvalue weighted by Gasteiger charge is 2.34. The molecular weight excluding hydrogens is 393 g/mol. The highest BCUT2D eigenvalue weighted by atomic mass is 32.1. The standard InChI is InChI=1S/C17H11F3N6OS/c1-9-2-3-12(24-11-4-10(5-21)6-22-7-11)14(23-9)15(27)26-16-25-13(8-28-16)17(18,19)20/h2-4,6-8,24H,1H3,(H,25,26,27). The van der Waals surface area contributed by atoms with Crippen LogP contribution in [0.15, 0.2) is 36.0 Å². The molecule has 7 nitrogen and oxygen atoms in total. The molecule has 0 aliphatic rings. The van der Waals surface area contributed by atoms with Crippen LogP contribution in [-0.2, 0) is 6.18 Å². The number of alkyl halides is 3. The average molecular weight is 404 g/mol. The molecule has 0 saturated carbocycles. The zero-order valence-corrected chi connectivity index (χ0v) is 15.0. The van der Waals surface area contributed by atoms with Crippen molar-refractivity contribution >= 4 is 33.8 Å². The van der Waals surface area contributed by atoms with Crippen molar-refractivity contribution in [3.63, 3.8) is 0 Å². The van der Waals surface area contributed by atoms with Gasteiger partial charge in [-0.15, -0.1) is 11.3 Å². The lowest BCUT2D eigenvalue weighted by Gasteiger charge is -2.11. The molecule has 142 valence electrons. The number of aromatic nitrogens is 3. The fraction of sp³-hybridized carbons (Fsp3) is 0.118. The molecule has 3 aromatic rings. The van der Waals surface area contributed by atoms with Crippen LogP contribution in [0, 0.1) is 18.3 Å². The van der Waals surface area contributed by atoms with Crippen LogP contribution in [0.2, 0.25) is 0 Å². The van der Waals surface area contributed by atoms with Crippen LogP contribution < -0.4 is 10.6 Å². The summed E-state index contributed by atoms with van der Waals surface area (Å²) in [6.45, 7) is 1.67. The Balaban J connectivity index is 1.86. The van der Waals surface area contributed by atoms with Crippen molar-refractivity contribution < 1.29 is 18.0 Å². The second-order valence-corrected chi connectivity index (χ2v) is 6.40. The highest BCUT2D eigenvalue weighted by Crippen LogP contribution is 2.32. The first-order chi connectivity index (χ1) is 13.3. The van der Waals surface area contributed by atoms with Gasteiger partial charge in [0.1, 0.15) is 6.07 Å². The minimum Gasteiger partial charge on any atom is -0.352 e. The SMILES string of the molecule is Cc1ccc(Nc2cncc(C#N)c2)c(C(=O)Nc2nc(C(F)(F)F)cs2)n1. The topological polar surface area (TPSA) is 104 Å².